The normalized spacial score (nSPS) is 11.0. The smallest absolute Gasteiger partial charge is 0.0836 e. The number of nitrogens with zero attached hydrogens (tertiary/aromatic N) is 2. The van der Waals surface area contributed by atoms with Crippen molar-refractivity contribution in [1.82, 2.24) is 9.78 Å². The number of hydrogen-bond donors (Lipinski definition) is 0. The summed E-state index contributed by atoms with van der Waals surface area (Å²) in [5.74, 6) is 0.412. The first-order chi connectivity index (χ1) is 5.15. The van der Waals surface area contributed by atoms with Gasteiger partial charge in [0.1, 0.15) is 0 Å². The van der Waals surface area contributed by atoms with Gasteiger partial charge in [-0.05, 0) is 12.8 Å². The van der Waals surface area contributed by atoms with Crippen LogP contribution in [0.2, 0.25) is 5.02 Å². The fourth-order valence-electron chi connectivity index (χ4n) is 0.965. The number of halogens is 1. The van der Waals surface area contributed by atoms with Gasteiger partial charge in [0.05, 0.1) is 10.7 Å². The second-order valence-electron chi connectivity index (χ2n) is 2.87. The molecule has 0 N–H and O–H groups in total. The van der Waals surface area contributed by atoms with E-state index >= 15 is 0 Å². The molecule has 1 aromatic rings. The van der Waals surface area contributed by atoms with E-state index in [2.05, 4.69) is 18.9 Å². The molecule has 0 aliphatic carbocycles. The van der Waals surface area contributed by atoms with E-state index in [-0.39, 0.29) is 0 Å². The Morgan fingerprint density at radius 1 is 1.64 bits per heavy atom. The van der Waals surface area contributed by atoms with Gasteiger partial charge in [-0.15, -0.1) is 0 Å². The van der Waals surface area contributed by atoms with Gasteiger partial charge in [0.15, 0.2) is 0 Å². The Bertz CT molecular complexity index is 240. The molecule has 0 spiro atoms. The highest BCUT2D eigenvalue weighted by molar-refractivity contribution is 6.31. The molecule has 2 nitrogen and oxygen atoms in total. The van der Waals surface area contributed by atoms with E-state index < -0.39 is 0 Å². The monoisotopic (exact) mass is 172 g/mol. The number of hydrogen-bond acceptors (Lipinski definition) is 1. The van der Waals surface area contributed by atoms with Crippen LogP contribution in [0.5, 0.6) is 0 Å². The number of aryl methyl sites for hydroxylation is 1. The molecular weight excluding hydrogens is 160 g/mol. The summed E-state index contributed by atoms with van der Waals surface area (Å²) in [7, 11) is 0. The fraction of sp³-hybridized carbons (Fsp3) is 0.625. The molecular formula is C8H13ClN2. The molecule has 0 fully saturated rings. The van der Waals surface area contributed by atoms with E-state index in [4.69, 9.17) is 11.6 Å². The van der Waals surface area contributed by atoms with Crippen molar-refractivity contribution in [2.24, 2.45) is 0 Å². The predicted molar refractivity (Wildman–Crippen MR) is 47.0 cm³/mol. The minimum Gasteiger partial charge on any atom is -0.271 e. The summed E-state index contributed by atoms with van der Waals surface area (Å²) in [5.41, 5.74) is 0.994. The lowest BCUT2D eigenvalue weighted by atomic mass is 10.1. The van der Waals surface area contributed by atoms with Gasteiger partial charge in [0.2, 0.25) is 0 Å². The van der Waals surface area contributed by atoms with E-state index in [9.17, 15) is 0 Å². The van der Waals surface area contributed by atoms with E-state index in [1.54, 1.807) is 0 Å². The summed E-state index contributed by atoms with van der Waals surface area (Å²) in [4.78, 5) is 0. The highest BCUT2D eigenvalue weighted by Gasteiger charge is 2.08. The van der Waals surface area contributed by atoms with Crippen molar-refractivity contribution in [2.45, 2.75) is 33.2 Å². The Labute approximate surface area is 72.2 Å². The average molecular weight is 173 g/mol. The van der Waals surface area contributed by atoms with E-state index in [1.807, 2.05) is 17.8 Å². The first-order valence-electron chi connectivity index (χ1n) is 3.88. The lowest BCUT2D eigenvalue weighted by molar-refractivity contribution is 0.635. The number of rotatable bonds is 2. The maximum absolute atomic E-state index is 5.94. The molecule has 0 atom stereocenters. The molecule has 0 aliphatic rings. The molecule has 0 bridgehead atoms. The minimum atomic E-state index is 0.412. The van der Waals surface area contributed by atoms with Crippen molar-refractivity contribution >= 4 is 11.6 Å². The molecule has 62 valence electrons. The standard InChI is InChI=1S/C8H13ClN2/c1-4-11-5-7(9)8(10-11)6(2)3/h5-6H,4H2,1-3H3. The SMILES string of the molecule is CCn1cc(Cl)c(C(C)C)n1. The van der Waals surface area contributed by atoms with E-state index in [0.717, 1.165) is 17.3 Å². The minimum absolute atomic E-state index is 0.412. The first-order valence-corrected chi connectivity index (χ1v) is 4.25. The van der Waals surface area contributed by atoms with Gasteiger partial charge in [-0.2, -0.15) is 5.10 Å². The van der Waals surface area contributed by atoms with Gasteiger partial charge in [-0.3, -0.25) is 4.68 Å². The zero-order valence-corrected chi connectivity index (χ0v) is 7.89. The maximum atomic E-state index is 5.94. The van der Waals surface area contributed by atoms with Crippen LogP contribution in [0.3, 0.4) is 0 Å². The van der Waals surface area contributed by atoms with Gasteiger partial charge in [0.25, 0.3) is 0 Å². The summed E-state index contributed by atoms with van der Waals surface area (Å²) in [6, 6.07) is 0. The van der Waals surface area contributed by atoms with Crippen LogP contribution in [0.15, 0.2) is 6.20 Å². The highest BCUT2D eigenvalue weighted by Crippen LogP contribution is 2.21. The average Bonchev–Trinajstić information content (AvgIpc) is 2.30. The van der Waals surface area contributed by atoms with Crippen LogP contribution in [0, 0.1) is 0 Å². The van der Waals surface area contributed by atoms with Crippen LogP contribution in [0.4, 0.5) is 0 Å². The van der Waals surface area contributed by atoms with E-state index in [0.29, 0.717) is 5.92 Å². The van der Waals surface area contributed by atoms with Crippen molar-refractivity contribution in [3.63, 3.8) is 0 Å². The second kappa shape index (κ2) is 3.26. The highest BCUT2D eigenvalue weighted by atomic mass is 35.5. The van der Waals surface area contributed by atoms with Gasteiger partial charge in [-0.25, -0.2) is 0 Å². The Balaban J connectivity index is 2.97. The van der Waals surface area contributed by atoms with E-state index in [1.165, 1.54) is 0 Å². The molecule has 1 aromatic heterocycles. The molecule has 0 aromatic carbocycles. The second-order valence-corrected chi connectivity index (χ2v) is 3.28. The zero-order valence-electron chi connectivity index (χ0n) is 7.13. The Morgan fingerprint density at radius 2 is 2.27 bits per heavy atom. The van der Waals surface area contributed by atoms with Crippen molar-refractivity contribution in [2.75, 3.05) is 0 Å². The van der Waals surface area contributed by atoms with Crippen LogP contribution in [0.1, 0.15) is 32.4 Å². The molecule has 3 heteroatoms. The summed E-state index contributed by atoms with van der Waals surface area (Å²) in [6.07, 6.45) is 1.87. The third-order valence-corrected chi connectivity index (χ3v) is 1.91. The Hall–Kier alpha value is -0.500. The molecule has 1 heterocycles. The van der Waals surface area contributed by atoms with Crippen LogP contribution < -0.4 is 0 Å². The first kappa shape index (κ1) is 8.60. The lowest BCUT2D eigenvalue weighted by Crippen LogP contribution is -1.96. The molecule has 0 saturated carbocycles. The number of aromatic nitrogens is 2. The molecule has 0 amide bonds. The summed E-state index contributed by atoms with van der Waals surface area (Å²) >= 11 is 5.94. The van der Waals surface area contributed by atoms with Gasteiger partial charge < -0.3 is 0 Å². The maximum Gasteiger partial charge on any atom is 0.0836 e. The van der Waals surface area contributed by atoms with Crippen LogP contribution in [0.25, 0.3) is 0 Å². The van der Waals surface area contributed by atoms with Gasteiger partial charge in [0, 0.05) is 12.7 Å². The summed E-state index contributed by atoms with van der Waals surface area (Å²) in [5, 5.41) is 5.09. The van der Waals surface area contributed by atoms with Gasteiger partial charge in [-0.1, -0.05) is 25.4 Å². The van der Waals surface area contributed by atoms with Crippen LogP contribution in [-0.2, 0) is 6.54 Å². The van der Waals surface area contributed by atoms with Crippen molar-refractivity contribution in [3.8, 4) is 0 Å². The van der Waals surface area contributed by atoms with Crippen LogP contribution >= 0.6 is 11.6 Å². The Morgan fingerprint density at radius 3 is 2.55 bits per heavy atom. The Kier molecular flexibility index (Phi) is 2.55. The zero-order chi connectivity index (χ0) is 8.43. The molecule has 0 aliphatic heterocycles. The van der Waals surface area contributed by atoms with Crippen molar-refractivity contribution in [1.29, 1.82) is 0 Å². The van der Waals surface area contributed by atoms with Crippen LogP contribution in [-0.4, -0.2) is 9.78 Å². The third-order valence-electron chi connectivity index (χ3n) is 1.61. The summed E-state index contributed by atoms with van der Waals surface area (Å²) < 4.78 is 1.86. The molecule has 0 unspecified atom stereocenters. The molecule has 0 radical (unpaired) electrons. The largest absolute Gasteiger partial charge is 0.271 e. The predicted octanol–water partition coefficient (Wildman–Crippen LogP) is 2.68. The molecule has 11 heavy (non-hydrogen) atoms. The summed E-state index contributed by atoms with van der Waals surface area (Å²) in [6.45, 7) is 7.11. The van der Waals surface area contributed by atoms with Crippen molar-refractivity contribution in [3.05, 3.63) is 16.9 Å². The lowest BCUT2D eigenvalue weighted by Gasteiger charge is -1.98. The van der Waals surface area contributed by atoms with Gasteiger partial charge >= 0.3 is 0 Å². The van der Waals surface area contributed by atoms with Crippen molar-refractivity contribution < 1.29 is 0 Å². The topological polar surface area (TPSA) is 17.8 Å². The fourth-order valence-corrected chi connectivity index (χ4v) is 1.33. The molecule has 1 rings (SSSR count). The molecule has 0 saturated heterocycles. The third kappa shape index (κ3) is 1.74. The quantitative estimate of drug-likeness (QED) is 0.671.